The summed E-state index contributed by atoms with van der Waals surface area (Å²) in [6.07, 6.45) is -0.922. The van der Waals surface area contributed by atoms with Gasteiger partial charge in [-0.05, 0) is 18.2 Å². The van der Waals surface area contributed by atoms with Crippen LogP contribution in [0.4, 0.5) is 21.9 Å². The highest BCUT2D eigenvalue weighted by Crippen LogP contribution is 2.36. The van der Waals surface area contributed by atoms with Crippen LogP contribution < -0.4 is 4.90 Å². The largest absolute Gasteiger partial charge is 0.352 e. The smallest absolute Gasteiger partial charge is 0.291 e. The molecule has 5 rings (SSSR count). The first-order valence-electron chi connectivity index (χ1n) is 11.5. The number of thioether (sulfide) groups is 1. The lowest BCUT2D eigenvalue weighted by atomic mass is 10.1. The maximum absolute atomic E-state index is 13.4. The summed E-state index contributed by atoms with van der Waals surface area (Å²) in [4.78, 5) is 53.6. The van der Waals surface area contributed by atoms with E-state index in [1.165, 1.54) is 17.0 Å². The Labute approximate surface area is 216 Å². The summed E-state index contributed by atoms with van der Waals surface area (Å²) in [5.41, 5.74) is 2.08. The molecule has 3 aromatic carbocycles. The number of nitrogens with zero attached hydrogens (tertiary/aromatic N) is 4. The van der Waals surface area contributed by atoms with E-state index in [-0.39, 0.29) is 53.9 Å². The maximum atomic E-state index is 13.4. The summed E-state index contributed by atoms with van der Waals surface area (Å²) >= 11 is 0.923. The maximum Gasteiger partial charge on any atom is 0.291 e. The molecule has 2 aliphatic heterocycles. The molecular weight excluding hydrogens is 496 g/mol. The Morgan fingerprint density at radius 3 is 2.32 bits per heavy atom. The second-order valence-electron chi connectivity index (χ2n) is 8.38. The average Bonchev–Trinajstić information content (AvgIpc) is 3.26. The van der Waals surface area contributed by atoms with Crippen molar-refractivity contribution < 1.29 is 24.0 Å². The van der Waals surface area contributed by atoms with Crippen LogP contribution in [0, 0.1) is 10.1 Å². The number of para-hydroxylation sites is 1. The Bertz CT molecular complexity index is 1340. The Kier molecular flexibility index (Phi) is 6.89. The van der Waals surface area contributed by atoms with E-state index in [2.05, 4.69) is 0 Å². The van der Waals surface area contributed by atoms with Gasteiger partial charge >= 0.3 is 0 Å². The fraction of sp³-hybridized carbons (Fsp3) is 0.192. The normalized spacial score (nSPS) is 16.2. The summed E-state index contributed by atoms with van der Waals surface area (Å²) in [6, 6.07) is 22.6. The molecular formula is C26H22N4O6S. The van der Waals surface area contributed by atoms with E-state index in [0.717, 1.165) is 22.3 Å². The first-order chi connectivity index (χ1) is 17.9. The van der Waals surface area contributed by atoms with Gasteiger partial charge in [-0.2, -0.15) is 0 Å². The number of carbonyl (C=O) groups excluding carboxylic acids is 3. The number of benzene rings is 3. The fourth-order valence-electron chi connectivity index (χ4n) is 4.33. The second kappa shape index (κ2) is 10.4. The minimum absolute atomic E-state index is 0.0277. The zero-order valence-corrected chi connectivity index (χ0v) is 20.4. The zero-order valence-electron chi connectivity index (χ0n) is 19.6. The van der Waals surface area contributed by atoms with Gasteiger partial charge in [0, 0.05) is 29.9 Å². The van der Waals surface area contributed by atoms with Gasteiger partial charge in [-0.15, -0.1) is 0 Å². The zero-order chi connectivity index (χ0) is 25.9. The molecule has 0 radical (unpaired) electrons. The Balaban J connectivity index is 1.39. The van der Waals surface area contributed by atoms with E-state index in [1.807, 2.05) is 41.3 Å². The molecule has 2 aliphatic rings. The standard InChI is InChI=1S/C26H22N4O6S/c31-23-16-37-26(33)29(23)25(18-7-3-1-4-8-18)36-14-13-27-17-28(19-9-5-2-6-10-19)22-12-11-20(30(34)35)15-21(22)24(27)32/h1-12,15,25H,13-14,16-17H2. The van der Waals surface area contributed by atoms with Crippen molar-refractivity contribution in [3.05, 3.63) is 100 Å². The van der Waals surface area contributed by atoms with Crippen LogP contribution in [0.15, 0.2) is 78.9 Å². The predicted octanol–water partition coefficient (Wildman–Crippen LogP) is 4.56. The first kappa shape index (κ1) is 24.5. The Morgan fingerprint density at radius 2 is 1.68 bits per heavy atom. The number of fused-ring (bicyclic) bond motifs is 1. The van der Waals surface area contributed by atoms with Crippen molar-refractivity contribution in [1.29, 1.82) is 0 Å². The van der Waals surface area contributed by atoms with Crippen molar-refractivity contribution in [2.24, 2.45) is 0 Å². The number of nitro groups is 1. The van der Waals surface area contributed by atoms with Gasteiger partial charge in [0.25, 0.3) is 16.8 Å². The van der Waals surface area contributed by atoms with Gasteiger partial charge < -0.3 is 14.5 Å². The molecule has 3 aromatic rings. The number of anilines is 2. The molecule has 0 spiro atoms. The molecule has 1 unspecified atom stereocenters. The lowest BCUT2D eigenvalue weighted by molar-refractivity contribution is -0.384. The van der Waals surface area contributed by atoms with E-state index < -0.39 is 11.2 Å². The minimum atomic E-state index is -0.922. The molecule has 188 valence electrons. The Hall–Kier alpha value is -4.22. The third-order valence-electron chi connectivity index (χ3n) is 6.12. The highest BCUT2D eigenvalue weighted by Gasteiger charge is 2.38. The summed E-state index contributed by atoms with van der Waals surface area (Å²) < 4.78 is 6.05. The molecule has 0 N–H and O–H groups in total. The summed E-state index contributed by atoms with van der Waals surface area (Å²) in [5, 5.41) is 11.0. The number of non-ortho nitro benzene ring substituents is 1. The van der Waals surface area contributed by atoms with Crippen LogP contribution in [-0.4, -0.2) is 57.3 Å². The average molecular weight is 519 g/mol. The number of hydrogen-bond donors (Lipinski definition) is 0. The van der Waals surface area contributed by atoms with Gasteiger partial charge in [-0.25, -0.2) is 4.90 Å². The minimum Gasteiger partial charge on any atom is -0.352 e. The monoisotopic (exact) mass is 518 g/mol. The van der Waals surface area contributed by atoms with Crippen molar-refractivity contribution in [2.45, 2.75) is 6.23 Å². The highest BCUT2D eigenvalue weighted by atomic mass is 32.2. The molecule has 0 aliphatic carbocycles. The molecule has 0 aromatic heterocycles. The Morgan fingerprint density at radius 1 is 0.973 bits per heavy atom. The van der Waals surface area contributed by atoms with Crippen molar-refractivity contribution in [1.82, 2.24) is 9.80 Å². The van der Waals surface area contributed by atoms with Gasteiger partial charge in [-0.3, -0.25) is 24.5 Å². The summed E-state index contributed by atoms with van der Waals surface area (Å²) in [7, 11) is 0. The van der Waals surface area contributed by atoms with Crippen LogP contribution in [0.5, 0.6) is 0 Å². The molecule has 2 heterocycles. The molecule has 1 saturated heterocycles. The quantitative estimate of drug-likeness (QED) is 0.315. The third-order valence-corrected chi connectivity index (χ3v) is 6.95. The van der Waals surface area contributed by atoms with Gasteiger partial charge in [0.2, 0.25) is 5.91 Å². The van der Waals surface area contributed by atoms with E-state index in [1.54, 1.807) is 30.3 Å². The summed E-state index contributed by atoms with van der Waals surface area (Å²) in [5.74, 6) is -0.651. The number of ether oxygens (including phenoxy) is 1. The van der Waals surface area contributed by atoms with Gasteiger partial charge in [0.15, 0.2) is 6.23 Å². The lowest BCUT2D eigenvalue weighted by Gasteiger charge is -2.38. The third kappa shape index (κ3) is 4.91. The van der Waals surface area contributed by atoms with Crippen LogP contribution in [-0.2, 0) is 9.53 Å². The van der Waals surface area contributed by atoms with Crippen LogP contribution in [0.3, 0.4) is 0 Å². The number of amides is 3. The number of rotatable bonds is 8. The highest BCUT2D eigenvalue weighted by molar-refractivity contribution is 8.14. The molecule has 37 heavy (non-hydrogen) atoms. The van der Waals surface area contributed by atoms with Crippen LogP contribution in [0.25, 0.3) is 0 Å². The van der Waals surface area contributed by atoms with Crippen LogP contribution in [0.1, 0.15) is 22.1 Å². The molecule has 11 heteroatoms. The molecule has 0 bridgehead atoms. The molecule has 3 amide bonds. The number of carbonyl (C=O) groups is 3. The fourth-order valence-corrected chi connectivity index (χ4v) is 5.05. The predicted molar refractivity (Wildman–Crippen MR) is 137 cm³/mol. The van der Waals surface area contributed by atoms with Gasteiger partial charge in [-0.1, -0.05) is 60.3 Å². The van der Waals surface area contributed by atoms with E-state index >= 15 is 0 Å². The van der Waals surface area contributed by atoms with Crippen molar-refractivity contribution >= 4 is 45.9 Å². The molecule has 10 nitrogen and oxygen atoms in total. The van der Waals surface area contributed by atoms with Crippen molar-refractivity contribution in [3.8, 4) is 0 Å². The van der Waals surface area contributed by atoms with E-state index in [4.69, 9.17) is 4.74 Å². The van der Waals surface area contributed by atoms with Crippen molar-refractivity contribution in [3.63, 3.8) is 0 Å². The van der Waals surface area contributed by atoms with E-state index in [0.29, 0.717) is 11.3 Å². The van der Waals surface area contributed by atoms with Gasteiger partial charge in [0.05, 0.1) is 35.2 Å². The van der Waals surface area contributed by atoms with Crippen LogP contribution >= 0.6 is 11.8 Å². The van der Waals surface area contributed by atoms with Crippen LogP contribution in [0.2, 0.25) is 0 Å². The first-order valence-corrected chi connectivity index (χ1v) is 12.5. The molecule has 0 saturated carbocycles. The molecule has 1 atom stereocenters. The number of imide groups is 1. The topological polar surface area (TPSA) is 113 Å². The SMILES string of the molecule is O=C1c2cc([N+](=O)[O-])ccc2N(c2ccccc2)CN1CCOC(c1ccccc1)N1C(=O)CSC1=O. The molecule has 1 fully saturated rings. The number of hydrogen-bond acceptors (Lipinski definition) is 8. The van der Waals surface area contributed by atoms with Crippen molar-refractivity contribution in [2.75, 3.05) is 30.5 Å². The van der Waals surface area contributed by atoms with Gasteiger partial charge in [0.1, 0.15) is 0 Å². The van der Waals surface area contributed by atoms with E-state index in [9.17, 15) is 24.5 Å². The second-order valence-corrected chi connectivity index (χ2v) is 9.31. The number of nitro benzene ring substituents is 1. The lowest BCUT2D eigenvalue weighted by Crippen LogP contribution is -2.46. The summed E-state index contributed by atoms with van der Waals surface area (Å²) in [6.45, 7) is 0.362.